The van der Waals surface area contributed by atoms with Crippen molar-refractivity contribution in [2.24, 2.45) is 0 Å². The van der Waals surface area contributed by atoms with Crippen molar-refractivity contribution in [1.82, 2.24) is 4.98 Å². The van der Waals surface area contributed by atoms with E-state index in [1.165, 1.54) is 12.8 Å². The molecule has 1 N–H and O–H groups in total. The van der Waals surface area contributed by atoms with Crippen LogP contribution >= 0.6 is 0 Å². The third-order valence-electron chi connectivity index (χ3n) is 4.32. The second kappa shape index (κ2) is 7.83. The molecule has 0 amide bonds. The molecule has 0 saturated heterocycles. The summed E-state index contributed by atoms with van der Waals surface area (Å²) in [5, 5.41) is 9.54. The first-order valence-corrected chi connectivity index (χ1v) is 8.37. The number of hydrogen-bond acceptors (Lipinski definition) is 4. The van der Waals surface area contributed by atoms with E-state index in [2.05, 4.69) is 4.98 Å². The van der Waals surface area contributed by atoms with E-state index in [4.69, 9.17) is 9.47 Å². The highest BCUT2D eigenvalue weighted by Gasteiger charge is 2.19. The molecule has 1 aromatic heterocycles. The van der Waals surface area contributed by atoms with E-state index in [1.54, 1.807) is 37.7 Å². The third-order valence-corrected chi connectivity index (χ3v) is 4.32. The summed E-state index contributed by atoms with van der Waals surface area (Å²) in [6, 6.07) is 8.83. The van der Waals surface area contributed by atoms with E-state index in [0.717, 1.165) is 18.4 Å². The van der Waals surface area contributed by atoms with Gasteiger partial charge in [0.1, 0.15) is 0 Å². The lowest BCUT2D eigenvalue weighted by Crippen LogP contribution is -2.11. The van der Waals surface area contributed by atoms with E-state index < -0.39 is 5.97 Å². The van der Waals surface area contributed by atoms with Gasteiger partial charge in [0.25, 0.3) is 0 Å². The number of pyridine rings is 1. The molecular weight excluding hydrogens is 318 g/mol. The summed E-state index contributed by atoms with van der Waals surface area (Å²) >= 11 is 0. The van der Waals surface area contributed by atoms with E-state index >= 15 is 0 Å². The second-order valence-corrected chi connectivity index (χ2v) is 6.03. The molecule has 1 heterocycles. The highest BCUT2D eigenvalue weighted by atomic mass is 16.5. The number of rotatable bonds is 6. The molecule has 5 heteroatoms. The molecule has 2 aromatic rings. The lowest BCUT2D eigenvalue weighted by atomic mass is 10.0. The predicted octanol–water partition coefficient (Wildman–Crippen LogP) is 4.04. The van der Waals surface area contributed by atoms with Crippen LogP contribution in [0.15, 0.2) is 42.7 Å². The largest absolute Gasteiger partial charge is 0.493 e. The average Bonchev–Trinajstić information content (AvgIpc) is 3.13. The normalized spacial score (nSPS) is 15.2. The number of carboxylic acid groups (broad SMARTS) is 1. The Bertz CT molecular complexity index is 765. The fourth-order valence-electron chi connectivity index (χ4n) is 3.03. The van der Waals surface area contributed by atoms with Crippen LogP contribution in [0, 0.1) is 0 Å². The molecule has 0 atom stereocenters. The zero-order valence-electron chi connectivity index (χ0n) is 14.1. The van der Waals surface area contributed by atoms with Crippen molar-refractivity contribution in [1.29, 1.82) is 0 Å². The van der Waals surface area contributed by atoms with Crippen LogP contribution in [0.3, 0.4) is 0 Å². The predicted molar refractivity (Wildman–Crippen MR) is 95.6 cm³/mol. The van der Waals surface area contributed by atoms with Crippen LogP contribution in [0.1, 0.15) is 36.8 Å². The van der Waals surface area contributed by atoms with Crippen LogP contribution in [-0.2, 0) is 4.79 Å². The quantitative estimate of drug-likeness (QED) is 0.805. The molecule has 1 fully saturated rings. The van der Waals surface area contributed by atoms with Gasteiger partial charge in [-0.2, -0.15) is 0 Å². The number of hydrogen-bond donors (Lipinski definition) is 1. The molecule has 1 aromatic carbocycles. The maximum Gasteiger partial charge on any atom is 0.336 e. The van der Waals surface area contributed by atoms with Crippen LogP contribution < -0.4 is 9.47 Å². The van der Waals surface area contributed by atoms with Crippen LogP contribution in [-0.4, -0.2) is 29.3 Å². The Morgan fingerprint density at radius 1 is 1.16 bits per heavy atom. The number of nitrogens with zero attached hydrogens (tertiary/aromatic N) is 1. The van der Waals surface area contributed by atoms with E-state index in [1.807, 2.05) is 18.2 Å². The number of ether oxygens (including phenoxy) is 2. The van der Waals surface area contributed by atoms with Crippen molar-refractivity contribution in [3.63, 3.8) is 0 Å². The van der Waals surface area contributed by atoms with Crippen LogP contribution in [0.4, 0.5) is 0 Å². The molecule has 0 spiro atoms. The molecule has 1 saturated carbocycles. The minimum absolute atomic E-state index is 0.201. The maximum atomic E-state index is 11.6. The van der Waals surface area contributed by atoms with Gasteiger partial charge in [-0.05, 0) is 67.2 Å². The maximum absolute atomic E-state index is 11.6. The molecule has 0 aliphatic heterocycles. The first kappa shape index (κ1) is 17.0. The molecule has 1 aliphatic rings. The molecule has 130 valence electrons. The highest BCUT2D eigenvalue weighted by molar-refractivity contribution is 6.20. The summed E-state index contributed by atoms with van der Waals surface area (Å²) in [4.78, 5) is 15.6. The number of carbonyl (C=O) groups is 1. The van der Waals surface area contributed by atoms with Gasteiger partial charge in [-0.3, -0.25) is 4.98 Å². The summed E-state index contributed by atoms with van der Waals surface area (Å²) in [7, 11) is 1.60. The molecule has 0 radical (unpaired) electrons. The number of aromatic nitrogens is 1. The van der Waals surface area contributed by atoms with Crippen LogP contribution in [0.5, 0.6) is 11.5 Å². The monoisotopic (exact) mass is 339 g/mol. The van der Waals surface area contributed by atoms with Crippen molar-refractivity contribution in [2.75, 3.05) is 7.11 Å². The van der Waals surface area contributed by atoms with E-state index in [9.17, 15) is 9.90 Å². The summed E-state index contributed by atoms with van der Waals surface area (Å²) in [6.45, 7) is 0. The first-order chi connectivity index (χ1) is 12.2. The number of aliphatic carboxylic acids is 1. The Balaban J connectivity index is 1.93. The number of benzene rings is 1. The van der Waals surface area contributed by atoms with Crippen LogP contribution in [0.2, 0.25) is 0 Å². The second-order valence-electron chi connectivity index (χ2n) is 6.03. The van der Waals surface area contributed by atoms with Crippen LogP contribution in [0.25, 0.3) is 11.6 Å². The fraction of sp³-hybridized carbons (Fsp3) is 0.300. The van der Waals surface area contributed by atoms with Gasteiger partial charge >= 0.3 is 5.97 Å². The third kappa shape index (κ3) is 4.18. The minimum atomic E-state index is -0.986. The summed E-state index contributed by atoms with van der Waals surface area (Å²) in [5.74, 6) is 0.327. The zero-order chi connectivity index (χ0) is 17.6. The van der Waals surface area contributed by atoms with Gasteiger partial charge < -0.3 is 14.6 Å². The first-order valence-electron chi connectivity index (χ1n) is 8.37. The summed E-state index contributed by atoms with van der Waals surface area (Å²) < 4.78 is 11.5. The molecule has 5 nitrogen and oxygen atoms in total. The molecule has 25 heavy (non-hydrogen) atoms. The smallest absolute Gasteiger partial charge is 0.336 e. The Hall–Kier alpha value is -2.82. The van der Waals surface area contributed by atoms with Crippen molar-refractivity contribution in [3.05, 3.63) is 53.9 Å². The Morgan fingerprint density at radius 3 is 2.52 bits per heavy atom. The van der Waals surface area contributed by atoms with Gasteiger partial charge in [-0.1, -0.05) is 6.07 Å². The standard InChI is InChI=1S/C20H21NO4/c1-24-18-7-6-14(13-19(18)25-16-4-2-3-5-16)12-17(20(22)23)15-8-10-21-11-9-15/h6-13,16H,2-5H2,1H3,(H,22,23)/b17-12+. The van der Waals surface area contributed by atoms with Crippen molar-refractivity contribution >= 4 is 17.6 Å². The topological polar surface area (TPSA) is 68.7 Å². The fourth-order valence-corrected chi connectivity index (χ4v) is 3.03. The van der Waals surface area contributed by atoms with Crippen molar-refractivity contribution in [3.8, 4) is 11.5 Å². The summed E-state index contributed by atoms with van der Waals surface area (Å²) in [5.41, 5.74) is 1.57. The molecular formula is C20H21NO4. The molecule has 1 aliphatic carbocycles. The number of methoxy groups -OCH3 is 1. The molecule has 0 unspecified atom stereocenters. The van der Waals surface area contributed by atoms with E-state index in [0.29, 0.717) is 17.1 Å². The minimum Gasteiger partial charge on any atom is -0.493 e. The Morgan fingerprint density at radius 2 is 1.88 bits per heavy atom. The SMILES string of the molecule is COc1ccc(/C=C(/C(=O)O)c2ccncc2)cc1OC1CCCC1. The van der Waals surface area contributed by atoms with Crippen molar-refractivity contribution in [2.45, 2.75) is 31.8 Å². The van der Waals surface area contributed by atoms with Gasteiger partial charge in [-0.15, -0.1) is 0 Å². The molecule has 0 bridgehead atoms. The summed E-state index contributed by atoms with van der Waals surface area (Å²) in [6.07, 6.45) is 9.44. The molecule has 3 rings (SSSR count). The van der Waals surface area contributed by atoms with E-state index in [-0.39, 0.29) is 11.7 Å². The van der Waals surface area contributed by atoms with Gasteiger partial charge in [0.05, 0.1) is 18.8 Å². The lowest BCUT2D eigenvalue weighted by molar-refractivity contribution is -0.130. The van der Waals surface area contributed by atoms with Crippen molar-refractivity contribution < 1.29 is 19.4 Å². The van der Waals surface area contributed by atoms with Gasteiger partial charge in [0.15, 0.2) is 11.5 Å². The highest BCUT2D eigenvalue weighted by Crippen LogP contribution is 2.33. The van der Waals surface area contributed by atoms with Gasteiger partial charge in [0, 0.05) is 12.4 Å². The van der Waals surface area contributed by atoms with Gasteiger partial charge in [-0.25, -0.2) is 4.79 Å². The Labute approximate surface area is 146 Å². The zero-order valence-corrected chi connectivity index (χ0v) is 14.1. The lowest BCUT2D eigenvalue weighted by Gasteiger charge is -2.16. The van der Waals surface area contributed by atoms with Gasteiger partial charge in [0.2, 0.25) is 0 Å². The Kier molecular flexibility index (Phi) is 5.33. The average molecular weight is 339 g/mol. The number of carboxylic acids is 1.